The first kappa shape index (κ1) is 13.3. The van der Waals surface area contributed by atoms with Gasteiger partial charge in [0, 0.05) is 18.7 Å². The van der Waals surface area contributed by atoms with E-state index in [-0.39, 0.29) is 11.3 Å². The number of likely N-dealkylation sites (tertiary alicyclic amines) is 1. The molecule has 102 valence electrons. The van der Waals surface area contributed by atoms with Gasteiger partial charge in [0.05, 0.1) is 0 Å². The van der Waals surface area contributed by atoms with Gasteiger partial charge >= 0.3 is 6.09 Å². The minimum Gasteiger partial charge on any atom is -0.305 e. The third kappa shape index (κ3) is 3.43. The van der Waals surface area contributed by atoms with Crippen molar-refractivity contribution in [3.8, 4) is 5.75 Å². The van der Waals surface area contributed by atoms with E-state index >= 15 is 0 Å². The lowest BCUT2D eigenvalue weighted by Gasteiger charge is -2.24. The molecule has 0 unspecified atom stereocenters. The van der Waals surface area contributed by atoms with Gasteiger partial charge in [0.2, 0.25) is 5.75 Å². The van der Waals surface area contributed by atoms with Gasteiger partial charge in [-0.3, -0.25) is 9.68 Å². The normalized spacial score (nSPS) is 14.9. The van der Waals surface area contributed by atoms with Crippen LogP contribution >= 0.6 is 0 Å². The number of benzene rings is 1. The Bertz CT molecular complexity index is 472. The fourth-order valence-corrected chi connectivity index (χ4v) is 1.87. The summed E-state index contributed by atoms with van der Waals surface area (Å²) in [4.78, 5) is 32.8. The van der Waals surface area contributed by atoms with Gasteiger partial charge in [-0.2, -0.15) is 0 Å². The molecule has 1 aromatic carbocycles. The highest BCUT2D eigenvalue weighted by Crippen LogP contribution is 2.18. The Hall–Kier alpha value is -2.11. The molecule has 1 aromatic rings. The highest BCUT2D eigenvalue weighted by molar-refractivity contribution is 5.75. The van der Waals surface area contributed by atoms with Crippen LogP contribution in [0.2, 0.25) is 0 Å². The van der Waals surface area contributed by atoms with Gasteiger partial charge < -0.3 is 4.90 Å². The Kier molecular flexibility index (Phi) is 4.33. The Labute approximate surface area is 109 Å². The van der Waals surface area contributed by atoms with Crippen LogP contribution < -0.4 is 4.89 Å². The molecule has 5 nitrogen and oxygen atoms in total. The van der Waals surface area contributed by atoms with Crippen molar-refractivity contribution in [3.63, 3.8) is 0 Å². The molecule has 0 radical (unpaired) electrons. The predicted molar refractivity (Wildman–Crippen MR) is 64.3 cm³/mol. The first-order valence-corrected chi connectivity index (χ1v) is 6.09. The average Bonchev–Trinajstić information content (AvgIpc) is 2.46. The topological polar surface area (TPSA) is 55.8 Å². The number of halogens is 1. The van der Waals surface area contributed by atoms with Crippen LogP contribution in [0.3, 0.4) is 0 Å². The summed E-state index contributed by atoms with van der Waals surface area (Å²) in [5.41, 5.74) is 0.187. The van der Waals surface area contributed by atoms with Gasteiger partial charge in [0.25, 0.3) is 0 Å². The van der Waals surface area contributed by atoms with E-state index in [0.717, 1.165) is 25.3 Å². The molecule has 0 aromatic heterocycles. The number of rotatable bonds is 3. The van der Waals surface area contributed by atoms with Gasteiger partial charge in [-0.25, -0.2) is 14.1 Å². The molecule has 0 saturated carbocycles. The van der Waals surface area contributed by atoms with Gasteiger partial charge in [0.1, 0.15) is 6.29 Å². The molecule has 2 rings (SSSR count). The first-order valence-electron chi connectivity index (χ1n) is 6.09. The third-order valence-corrected chi connectivity index (χ3v) is 2.91. The van der Waals surface area contributed by atoms with Crippen molar-refractivity contribution in [3.05, 3.63) is 29.6 Å². The van der Waals surface area contributed by atoms with Gasteiger partial charge in [-0.05, 0) is 37.5 Å². The zero-order chi connectivity index (χ0) is 13.7. The lowest BCUT2D eigenvalue weighted by molar-refractivity contribution is -0.157. The Morgan fingerprint density at radius 3 is 2.63 bits per heavy atom. The summed E-state index contributed by atoms with van der Waals surface area (Å²) in [6, 6.07) is 3.62. The van der Waals surface area contributed by atoms with E-state index < -0.39 is 11.9 Å². The number of carbonyl (C=O) groups is 2. The molecule has 1 fully saturated rings. The number of amides is 1. The first-order chi connectivity index (χ1) is 9.20. The third-order valence-electron chi connectivity index (χ3n) is 2.91. The van der Waals surface area contributed by atoms with Crippen molar-refractivity contribution in [1.82, 2.24) is 4.90 Å². The number of carbonyl (C=O) groups excluding carboxylic acids is 2. The molecule has 1 saturated heterocycles. The van der Waals surface area contributed by atoms with Crippen LogP contribution in [-0.2, 0) is 4.89 Å². The number of hydrogen-bond donors (Lipinski definition) is 0. The molecule has 0 N–H and O–H groups in total. The average molecular weight is 267 g/mol. The molecule has 1 heterocycles. The standard InChI is InChI=1S/C13H14FNO4/c14-11-8-10(9-16)4-5-12(11)18-19-13(17)15-6-2-1-3-7-15/h4-5,8-9H,1-3,6-7H2. The van der Waals surface area contributed by atoms with Crippen molar-refractivity contribution in [1.29, 1.82) is 0 Å². The Morgan fingerprint density at radius 2 is 2.00 bits per heavy atom. The highest BCUT2D eigenvalue weighted by Gasteiger charge is 2.19. The second-order valence-corrected chi connectivity index (χ2v) is 4.29. The smallest absolute Gasteiger partial charge is 0.305 e. The van der Waals surface area contributed by atoms with Crippen LogP contribution in [0.5, 0.6) is 5.75 Å². The minimum atomic E-state index is -0.754. The van der Waals surface area contributed by atoms with Crippen LogP contribution in [0.25, 0.3) is 0 Å². The molecule has 0 bridgehead atoms. The van der Waals surface area contributed by atoms with Crippen molar-refractivity contribution >= 4 is 12.4 Å². The molecule has 1 amide bonds. The van der Waals surface area contributed by atoms with Crippen molar-refractivity contribution in [2.45, 2.75) is 19.3 Å². The molecular formula is C13H14FNO4. The van der Waals surface area contributed by atoms with Gasteiger partial charge in [0.15, 0.2) is 5.82 Å². The van der Waals surface area contributed by atoms with Crippen LogP contribution in [0.1, 0.15) is 29.6 Å². The summed E-state index contributed by atoms with van der Waals surface area (Å²) < 4.78 is 13.4. The lowest BCUT2D eigenvalue weighted by Crippen LogP contribution is -2.36. The maximum absolute atomic E-state index is 13.4. The molecule has 0 spiro atoms. The van der Waals surface area contributed by atoms with E-state index in [2.05, 4.69) is 9.78 Å². The van der Waals surface area contributed by atoms with Crippen LogP contribution in [0, 0.1) is 5.82 Å². The maximum Gasteiger partial charge on any atom is 0.452 e. The summed E-state index contributed by atoms with van der Waals surface area (Å²) >= 11 is 0. The number of nitrogens with zero attached hydrogens (tertiary/aromatic N) is 1. The molecular weight excluding hydrogens is 253 g/mol. The maximum atomic E-state index is 13.4. The molecule has 6 heteroatoms. The molecule has 0 aliphatic carbocycles. The van der Waals surface area contributed by atoms with E-state index in [1.54, 1.807) is 0 Å². The monoisotopic (exact) mass is 267 g/mol. The largest absolute Gasteiger partial charge is 0.452 e. The Morgan fingerprint density at radius 1 is 1.26 bits per heavy atom. The lowest BCUT2D eigenvalue weighted by atomic mass is 10.1. The van der Waals surface area contributed by atoms with Crippen molar-refractivity contribution in [2.75, 3.05) is 13.1 Å². The van der Waals surface area contributed by atoms with Gasteiger partial charge in [-0.15, -0.1) is 0 Å². The van der Waals surface area contributed by atoms with Crippen LogP contribution in [0.15, 0.2) is 18.2 Å². The zero-order valence-electron chi connectivity index (χ0n) is 10.3. The van der Waals surface area contributed by atoms with E-state index in [9.17, 15) is 14.0 Å². The van der Waals surface area contributed by atoms with E-state index in [0.29, 0.717) is 19.4 Å². The highest BCUT2D eigenvalue weighted by atomic mass is 19.1. The summed E-state index contributed by atoms with van der Waals surface area (Å²) in [5.74, 6) is -0.980. The number of piperidine rings is 1. The summed E-state index contributed by atoms with van der Waals surface area (Å²) in [6.07, 6.45) is 2.84. The second-order valence-electron chi connectivity index (χ2n) is 4.29. The summed E-state index contributed by atoms with van der Waals surface area (Å²) in [6.45, 7) is 1.24. The van der Waals surface area contributed by atoms with Gasteiger partial charge in [-0.1, -0.05) is 0 Å². The number of hydrogen-bond acceptors (Lipinski definition) is 4. The summed E-state index contributed by atoms with van der Waals surface area (Å²) in [7, 11) is 0. The number of aldehydes is 1. The molecule has 0 atom stereocenters. The molecule has 19 heavy (non-hydrogen) atoms. The fourth-order valence-electron chi connectivity index (χ4n) is 1.87. The van der Waals surface area contributed by atoms with E-state index in [1.165, 1.54) is 17.0 Å². The Balaban J connectivity index is 1.91. The van der Waals surface area contributed by atoms with Crippen LogP contribution in [-0.4, -0.2) is 30.4 Å². The van der Waals surface area contributed by atoms with Crippen molar-refractivity contribution < 1.29 is 23.8 Å². The van der Waals surface area contributed by atoms with E-state index in [1.807, 2.05) is 0 Å². The van der Waals surface area contributed by atoms with E-state index in [4.69, 9.17) is 0 Å². The summed E-state index contributed by atoms with van der Waals surface area (Å²) in [5, 5.41) is 0. The fraction of sp³-hybridized carbons (Fsp3) is 0.385. The SMILES string of the molecule is O=Cc1ccc(OOC(=O)N2CCCCC2)c(F)c1. The zero-order valence-corrected chi connectivity index (χ0v) is 10.3. The molecule has 1 aliphatic heterocycles. The predicted octanol–water partition coefficient (Wildman–Crippen LogP) is 2.55. The molecule has 1 aliphatic rings. The second kappa shape index (κ2) is 6.17. The van der Waals surface area contributed by atoms with Crippen molar-refractivity contribution in [2.24, 2.45) is 0 Å². The quantitative estimate of drug-likeness (QED) is 0.480. The minimum absolute atomic E-state index is 0.187. The van der Waals surface area contributed by atoms with Crippen LogP contribution in [0.4, 0.5) is 9.18 Å².